The molecule has 0 bridgehead atoms. The van der Waals surface area contributed by atoms with Crippen LogP contribution in [-0.2, 0) is 14.3 Å². The quantitative estimate of drug-likeness (QED) is 0.687. The van der Waals surface area contributed by atoms with Crippen LogP contribution in [-0.4, -0.2) is 41.1 Å². The number of amides is 4. The zero-order chi connectivity index (χ0) is 13.9. The van der Waals surface area contributed by atoms with E-state index in [1.54, 1.807) is 27.7 Å². The molecule has 7 heteroatoms. The number of hydrogen-bond donors (Lipinski definition) is 2. The van der Waals surface area contributed by atoms with Crippen LogP contribution in [0.1, 0.15) is 34.1 Å². The molecule has 1 saturated heterocycles. The van der Waals surface area contributed by atoms with E-state index in [4.69, 9.17) is 4.74 Å². The van der Waals surface area contributed by atoms with Crippen molar-refractivity contribution in [3.05, 3.63) is 0 Å². The predicted octanol–water partition coefficient (Wildman–Crippen LogP) is 0.163. The molecule has 2 unspecified atom stereocenters. The van der Waals surface area contributed by atoms with Gasteiger partial charge in [-0.25, -0.2) is 4.79 Å². The highest BCUT2D eigenvalue weighted by Gasteiger charge is 2.47. The molecule has 0 aromatic rings. The summed E-state index contributed by atoms with van der Waals surface area (Å²) in [7, 11) is 0. The van der Waals surface area contributed by atoms with E-state index < -0.39 is 29.5 Å². The molecule has 2 atom stereocenters. The Hall–Kier alpha value is -1.63. The second-order valence-electron chi connectivity index (χ2n) is 4.33. The number of hydrogen-bond acceptors (Lipinski definition) is 4. The van der Waals surface area contributed by atoms with Crippen molar-refractivity contribution in [2.45, 2.75) is 45.8 Å². The Balaban J connectivity index is 2.71. The van der Waals surface area contributed by atoms with E-state index in [-0.39, 0.29) is 0 Å². The maximum absolute atomic E-state index is 12.0. The number of carbonyl (C=O) groups excluding carboxylic acids is 3. The van der Waals surface area contributed by atoms with Crippen molar-refractivity contribution in [3.63, 3.8) is 0 Å². The Morgan fingerprint density at radius 1 is 1.50 bits per heavy atom. The Labute approximate surface area is 106 Å². The number of carbonyl (C=O) groups is 3. The molecule has 1 aliphatic heterocycles. The number of urea groups is 1. The zero-order valence-electron chi connectivity index (χ0n) is 11.1. The summed E-state index contributed by atoms with van der Waals surface area (Å²) in [6, 6.07) is -0.624. The number of imide groups is 1. The van der Waals surface area contributed by atoms with Crippen LogP contribution >= 0.6 is 0 Å². The smallest absolute Gasteiger partial charge is 0.344 e. The van der Waals surface area contributed by atoms with Crippen molar-refractivity contribution < 1.29 is 19.1 Å². The van der Waals surface area contributed by atoms with Crippen LogP contribution in [0, 0.1) is 0 Å². The van der Waals surface area contributed by atoms with Crippen LogP contribution in [0.15, 0.2) is 0 Å². The van der Waals surface area contributed by atoms with E-state index in [1.165, 1.54) is 0 Å². The largest absolute Gasteiger partial charge is 0.369 e. The fourth-order valence-corrected chi connectivity index (χ4v) is 1.55. The van der Waals surface area contributed by atoms with Crippen molar-refractivity contribution in [2.24, 2.45) is 0 Å². The number of hydrazine groups is 1. The molecule has 0 radical (unpaired) electrons. The maximum atomic E-state index is 12.0. The Morgan fingerprint density at radius 2 is 2.11 bits per heavy atom. The zero-order valence-corrected chi connectivity index (χ0v) is 11.1. The standard InChI is InChI=1S/C11H19N3O4/c1-5-11(4)9(16)14(10(17)12-11)13-8(15)7(3)18-6-2/h7H,5-6H2,1-4H3,(H,12,17)(H,13,15). The molecule has 1 heterocycles. The van der Waals surface area contributed by atoms with Crippen LogP contribution in [0.2, 0.25) is 0 Å². The van der Waals surface area contributed by atoms with E-state index >= 15 is 0 Å². The van der Waals surface area contributed by atoms with Crippen LogP contribution in [0.5, 0.6) is 0 Å². The van der Waals surface area contributed by atoms with Gasteiger partial charge < -0.3 is 10.1 Å². The summed E-state index contributed by atoms with van der Waals surface area (Å²) in [4.78, 5) is 35.3. The molecule has 0 aliphatic carbocycles. The third-order valence-electron chi connectivity index (χ3n) is 2.98. The summed E-state index contributed by atoms with van der Waals surface area (Å²) in [6.45, 7) is 7.08. The van der Waals surface area contributed by atoms with E-state index in [2.05, 4.69) is 10.7 Å². The molecular weight excluding hydrogens is 238 g/mol. The van der Waals surface area contributed by atoms with Gasteiger partial charge in [0.2, 0.25) is 0 Å². The van der Waals surface area contributed by atoms with Gasteiger partial charge in [0.1, 0.15) is 11.6 Å². The van der Waals surface area contributed by atoms with Gasteiger partial charge in [-0.15, -0.1) is 0 Å². The second kappa shape index (κ2) is 5.34. The molecule has 0 aromatic heterocycles. The van der Waals surface area contributed by atoms with Gasteiger partial charge in [-0.3, -0.25) is 15.0 Å². The number of ether oxygens (including phenoxy) is 1. The number of rotatable bonds is 5. The van der Waals surface area contributed by atoms with Gasteiger partial charge in [0.25, 0.3) is 11.8 Å². The van der Waals surface area contributed by atoms with E-state index in [0.717, 1.165) is 0 Å². The molecule has 1 fully saturated rings. The lowest BCUT2D eigenvalue weighted by atomic mass is 10.00. The summed E-state index contributed by atoms with van der Waals surface area (Å²) in [5.41, 5.74) is 1.30. The molecule has 2 N–H and O–H groups in total. The molecule has 102 valence electrons. The lowest BCUT2D eigenvalue weighted by Gasteiger charge is -2.20. The second-order valence-corrected chi connectivity index (χ2v) is 4.33. The van der Waals surface area contributed by atoms with Gasteiger partial charge in [0.15, 0.2) is 0 Å². The highest BCUT2D eigenvalue weighted by atomic mass is 16.5. The summed E-state index contributed by atoms with van der Waals surface area (Å²) in [5.74, 6) is -0.993. The minimum absolute atomic E-state index is 0.376. The monoisotopic (exact) mass is 257 g/mol. The fraction of sp³-hybridized carbons (Fsp3) is 0.727. The van der Waals surface area contributed by atoms with Gasteiger partial charge in [0.05, 0.1) is 0 Å². The lowest BCUT2D eigenvalue weighted by Crippen LogP contribution is -2.51. The first-order chi connectivity index (χ1) is 8.35. The molecule has 1 rings (SSSR count). The first-order valence-electron chi connectivity index (χ1n) is 5.94. The van der Waals surface area contributed by atoms with Crippen molar-refractivity contribution in [2.75, 3.05) is 6.61 Å². The van der Waals surface area contributed by atoms with Gasteiger partial charge in [-0.05, 0) is 27.2 Å². The van der Waals surface area contributed by atoms with Gasteiger partial charge in [-0.1, -0.05) is 6.92 Å². The normalized spacial score (nSPS) is 25.0. The lowest BCUT2D eigenvalue weighted by molar-refractivity contribution is -0.143. The molecule has 18 heavy (non-hydrogen) atoms. The predicted molar refractivity (Wildman–Crippen MR) is 63.3 cm³/mol. The Bertz CT molecular complexity index is 371. The molecule has 0 aromatic carbocycles. The van der Waals surface area contributed by atoms with Crippen LogP contribution < -0.4 is 10.7 Å². The minimum atomic E-state index is -0.959. The first kappa shape index (κ1) is 14.4. The summed E-state index contributed by atoms with van der Waals surface area (Å²) < 4.78 is 5.08. The third kappa shape index (κ3) is 2.61. The average molecular weight is 257 g/mol. The number of nitrogens with zero attached hydrogens (tertiary/aromatic N) is 1. The van der Waals surface area contributed by atoms with Crippen molar-refractivity contribution in [3.8, 4) is 0 Å². The average Bonchev–Trinajstić information content (AvgIpc) is 2.54. The highest BCUT2D eigenvalue weighted by molar-refractivity contribution is 6.07. The molecule has 0 spiro atoms. The molecule has 1 aliphatic rings. The Morgan fingerprint density at radius 3 is 2.56 bits per heavy atom. The van der Waals surface area contributed by atoms with Crippen LogP contribution in [0.4, 0.5) is 4.79 Å². The molecule has 7 nitrogen and oxygen atoms in total. The van der Waals surface area contributed by atoms with Gasteiger partial charge in [0, 0.05) is 6.61 Å². The van der Waals surface area contributed by atoms with E-state index in [0.29, 0.717) is 18.0 Å². The highest BCUT2D eigenvalue weighted by Crippen LogP contribution is 2.19. The summed E-state index contributed by atoms with van der Waals surface area (Å²) in [6.07, 6.45) is -0.269. The van der Waals surface area contributed by atoms with Crippen molar-refractivity contribution in [1.82, 2.24) is 15.8 Å². The van der Waals surface area contributed by atoms with Crippen LogP contribution in [0.3, 0.4) is 0 Å². The first-order valence-corrected chi connectivity index (χ1v) is 5.94. The molecule has 0 saturated carbocycles. The summed E-state index contributed by atoms with van der Waals surface area (Å²) >= 11 is 0. The van der Waals surface area contributed by atoms with E-state index in [1.807, 2.05) is 0 Å². The van der Waals surface area contributed by atoms with E-state index in [9.17, 15) is 14.4 Å². The van der Waals surface area contributed by atoms with Crippen molar-refractivity contribution >= 4 is 17.8 Å². The maximum Gasteiger partial charge on any atom is 0.344 e. The number of nitrogens with one attached hydrogen (secondary N) is 2. The fourth-order valence-electron chi connectivity index (χ4n) is 1.55. The molecule has 4 amide bonds. The summed E-state index contributed by atoms with van der Waals surface area (Å²) in [5, 5.41) is 3.25. The SMILES string of the molecule is CCOC(C)C(=O)NN1C(=O)NC(C)(CC)C1=O. The van der Waals surface area contributed by atoms with Crippen LogP contribution in [0.25, 0.3) is 0 Å². The van der Waals surface area contributed by atoms with Gasteiger partial charge in [-0.2, -0.15) is 5.01 Å². The van der Waals surface area contributed by atoms with Crippen molar-refractivity contribution in [1.29, 1.82) is 0 Å². The topological polar surface area (TPSA) is 87.7 Å². The Kier molecular flexibility index (Phi) is 4.28. The molecular formula is C11H19N3O4. The van der Waals surface area contributed by atoms with Gasteiger partial charge >= 0.3 is 6.03 Å². The minimum Gasteiger partial charge on any atom is -0.369 e. The third-order valence-corrected chi connectivity index (χ3v) is 2.98.